The van der Waals surface area contributed by atoms with Crippen LogP contribution in [0.15, 0.2) is 28.9 Å². The van der Waals surface area contributed by atoms with Gasteiger partial charge in [0.25, 0.3) is 5.91 Å². The second-order valence-electron chi connectivity index (χ2n) is 4.86. The summed E-state index contributed by atoms with van der Waals surface area (Å²) in [5, 5.41) is 18.8. The number of aromatic nitrogens is 2. The van der Waals surface area contributed by atoms with Gasteiger partial charge in [0.15, 0.2) is 11.5 Å². The van der Waals surface area contributed by atoms with Crippen LogP contribution < -0.4 is 9.64 Å². The Balaban J connectivity index is 1.94. The van der Waals surface area contributed by atoms with E-state index in [1.807, 2.05) is 6.92 Å². The molecule has 1 amide bonds. The van der Waals surface area contributed by atoms with Gasteiger partial charge in [-0.15, -0.1) is 10.2 Å². The standard InChI is InChI=1S/C15H14N4O3S/c1-8-16-11(6-10-4-5-12(20)13(7-10)22-3)14(21)19(8)15-18-17-9(2)23-15/h4-7,20H,1-3H3/b11-6-. The minimum Gasteiger partial charge on any atom is -0.504 e. The summed E-state index contributed by atoms with van der Waals surface area (Å²) in [6, 6.07) is 4.83. The van der Waals surface area contributed by atoms with Crippen LogP contribution >= 0.6 is 11.3 Å². The topological polar surface area (TPSA) is 87.9 Å². The van der Waals surface area contributed by atoms with Crippen molar-refractivity contribution in [2.45, 2.75) is 13.8 Å². The molecule has 0 saturated heterocycles. The molecule has 1 N–H and O–H groups in total. The summed E-state index contributed by atoms with van der Waals surface area (Å²) in [7, 11) is 1.47. The lowest BCUT2D eigenvalue weighted by molar-refractivity contribution is -0.113. The van der Waals surface area contributed by atoms with Crippen LogP contribution in [0, 0.1) is 6.92 Å². The molecule has 1 aromatic heterocycles. The third kappa shape index (κ3) is 2.80. The molecule has 2 heterocycles. The number of methoxy groups -OCH3 is 1. The van der Waals surface area contributed by atoms with Gasteiger partial charge in [0.1, 0.15) is 16.5 Å². The Labute approximate surface area is 136 Å². The molecular weight excluding hydrogens is 316 g/mol. The van der Waals surface area contributed by atoms with Crippen LogP contribution in [0.3, 0.4) is 0 Å². The molecule has 2 aromatic rings. The Hall–Kier alpha value is -2.74. The van der Waals surface area contributed by atoms with Gasteiger partial charge in [0, 0.05) is 0 Å². The third-order valence-corrected chi connectivity index (χ3v) is 4.07. The fraction of sp³-hybridized carbons (Fsp3) is 0.200. The van der Waals surface area contributed by atoms with E-state index in [9.17, 15) is 9.90 Å². The number of benzene rings is 1. The first-order valence-electron chi connectivity index (χ1n) is 6.78. The number of phenolic OH excluding ortho intramolecular Hbond substituents is 1. The number of nitrogens with zero attached hydrogens (tertiary/aromatic N) is 4. The maximum atomic E-state index is 12.6. The second-order valence-corrected chi connectivity index (χ2v) is 6.02. The molecule has 0 spiro atoms. The van der Waals surface area contributed by atoms with Crippen LogP contribution in [-0.4, -0.2) is 34.2 Å². The summed E-state index contributed by atoms with van der Waals surface area (Å²) in [6.45, 7) is 3.57. The van der Waals surface area contributed by atoms with Gasteiger partial charge < -0.3 is 9.84 Å². The summed E-state index contributed by atoms with van der Waals surface area (Å²) >= 11 is 1.33. The van der Waals surface area contributed by atoms with Crippen LogP contribution in [0.25, 0.3) is 6.08 Å². The molecule has 118 valence electrons. The summed E-state index contributed by atoms with van der Waals surface area (Å²) in [5.41, 5.74) is 0.998. The summed E-state index contributed by atoms with van der Waals surface area (Å²) < 4.78 is 5.06. The molecule has 1 aliphatic heterocycles. The summed E-state index contributed by atoms with van der Waals surface area (Å²) in [5.74, 6) is 0.661. The van der Waals surface area contributed by atoms with E-state index < -0.39 is 0 Å². The lowest BCUT2D eigenvalue weighted by Gasteiger charge is -2.10. The normalized spacial score (nSPS) is 16.1. The van der Waals surface area contributed by atoms with Gasteiger partial charge in [0.2, 0.25) is 5.13 Å². The first kappa shape index (κ1) is 15.2. The van der Waals surface area contributed by atoms with Gasteiger partial charge in [-0.1, -0.05) is 17.4 Å². The van der Waals surface area contributed by atoms with Crippen molar-refractivity contribution in [2.24, 2.45) is 4.99 Å². The number of rotatable bonds is 3. The van der Waals surface area contributed by atoms with Crippen molar-refractivity contribution in [2.75, 3.05) is 12.0 Å². The van der Waals surface area contributed by atoms with E-state index in [4.69, 9.17) is 4.74 Å². The zero-order valence-corrected chi connectivity index (χ0v) is 13.6. The molecule has 0 unspecified atom stereocenters. The second kappa shape index (κ2) is 5.81. The van der Waals surface area contributed by atoms with Crippen LogP contribution in [0.5, 0.6) is 11.5 Å². The van der Waals surface area contributed by atoms with Gasteiger partial charge in [-0.2, -0.15) is 0 Å². The van der Waals surface area contributed by atoms with Crippen molar-refractivity contribution >= 4 is 34.3 Å². The number of anilines is 1. The number of carbonyl (C=O) groups is 1. The fourth-order valence-corrected chi connectivity index (χ4v) is 2.91. The molecule has 0 saturated carbocycles. The van der Waals surface area contributed by atoms with Crippen LogP contribution in [0.1, 0.15) is 17.5 Å². The van der Waals surface area contributed by atoms with Crippen molar-refractivity contribution in [3.8, 4) is 11.5 Å². The number of phenols is 1. The zero-order chi connectivity index (χ0) is 16.6. The number of aliphatic imine (C=N–C) groups is 1. The quantitative estimate of drug-likeness (QED) is 0.873. The first-order chi connectivity index (χ1) is 11.0. The highest BCUT2D eigenvalue weighted by Gasteiger charge is 2.31. The largest absolute Gasteiger partial charge is 0.504 e. The third-order valence-electron chi connectivity index (χ3n) is 3.24. The van der Waals surface area contributed by atoms with Crippen LogP contribution in [0.4, 0.5) is 5.13 Å². The predicted octanol–water partition coefficient (Wildman–Crippen LogP) is 2.37. The average Bonchev–Trinajstić information content (AvgIpc) is 3.05. The Kier molecular flexibility index (Phi) is 3.83. The number of hydrogen-bond acceptors (Lipinski definition) is 7. The number of aromatic hydroxyl groups is 1. The highest BCUT2D eigenvalue weighted by atomic mass is 32.1. The van der Waals surface area contributed by atoms with Crippen LogP contribution in [-0.2, 0) is 4.79 Å². The Morgan fingerprint density at radius 3 is 2.74 bits per heavy atom. The molecule has 23 heavy (non-hydrogen) atoms. The average molecular weight is 330 g/mol. The number of amides is 1. The Morgan fingerprint density at radius 2 is 2.09 bits per heavy atom. The van der Waals surface area contributed by atoms with Gasteiger partial charge >= 0.3 is 0 Å². The van der Waals surface area contributed by atoms with E-state index in [2.05, 4.69) is 15.2 Å². The molecule has 0 aliphatic carbocycles. The van der Waals surface area contributed by atoms with Crippen molar-refractivity contribution in [3.63, 3.8) is 0 Å². The van der Waals surface area contributed by atoms with Crippen LogP contribution in [0.2, 0.25) is 0 Å². The molecular formula is C15H14N4O3S. The molecule has 8 heteroatoms. The summed E-state index contributed by atoms with van der Waals surface area (Å²) in [4.78, 5) is 18.3. The maximum Gasteiger partial charge on any atom is 0.284 e. The molecule has 1 aromatic carbocycles. The van der Waals surface area contributed by atoms with E-state index in [0.717, 1.165) is 5.01 Å². The number of carbonyl (C=O) groups excluding carboxylic acids is 1. The van der Waals surface area contributed by atoms with Gasteiger partial charge in [-0.05, 0) is 37.6 Å². The lowest BCUT2D eigenvalue weighted by Crippen LogP contribution is -2.30. The summed E-state index contributed by atoms with van der Waals surface area (Å²) in [6.07, 6.45) is 1.64. The molecule has 1 aliphatic rings. The van der Waals surface area contributed by atoms with Gasteiger partial charge in [-0.25, -0.2) is 9.89 Å². The number of hydrogen-bond donors (Lipinski definition) is 1. The van der Waals surface area contributed by atoms with Crippen molar-refractivity contribution in [1.82, 2.24) is 10.2 Å². The fourth-order valence-electron chi connectivity index (χ4n) is 2.17. The van der Waals surface area contributed by atoms with Gasteiger partial charge in [-0.3, -0.25) is 4.79 Å². The monoisotopic (exact) mass is 330 g/mol. The van der Waals surface area contributed by atoms with Crippen molar-refractivity contribution in [3.05, 3.63) is 34.5 Å². The van der Waals surface area contributed by atoms with E-state index in [-0.39, 0.29) is 11.7 Å². The highest BCUT2D eigenvalue weighted by molar-refractivity contribution is 7.15. The van der Waals surface area contributed by atoms with E-state index in [0.29, 0.717) is 28.0 Å². The van der Waals surface area contributed by atoms with E-state index in [1.165, 1.54) is 29.4 Å². The number of amidine groups is 1. The first-order valence-corrected chi connectivity index (χ1v) is 7.60. The maximum absolute atomic E-state index is 12.6. The van der Waals surface area contributed by atoms with E-state index >= 15 is 0 Å². The van der Waals surface area contributed by atoms with Crippen molar-refractivity contribution < 1.29 is 14.6 Å². The van der Waals surface area contributed by atoms with Crippen molar-refractivity contribution in [1.29, 1.82) is 0 Å². The molecule has 0 radical (unpaired) electrons. The minimum absolute atomic E-state index is 0.0399. The molecule has 0 atom stereocenters. The smallest absolute Gasteiger partial charge is 0.284 e. The zero-order valence-electron chi connectivity index (χ0n) is 12.8. The SMILES string of the molecule is COc1cc(/C=C2\N=C(C)N(c3nnc(C)s3)C2=O)ccc1O. The van der Waals surface area contributed by atoms with Gasteiger partial charge in [0.05, 0.1) is 7.11 Å². The van der Waals surface area contributed by atoms with E-state index in [1.54, 1.807) is 25.1 Å². The Bertz CT molecular complexity index is 841. The Morgan fingerprint density at radius 1 is 1.30 bits per heavy atom. The number of ether oxygens (including phenoxy) is 1. The molecule has 7 nitrogen and oxygen atoms in total. The minimum atomic E-state index is -0.259. The number of aryl methyl sites for hydroxylation is 1. The molecule has 0 bridgehead atoms. The highest BCUT2D eigenvalue weighted by Crippen LogP contribution is 2.30. The molecule has 0 fully saturated rings. The lowest BCUT2D eigenvalue weighted by atomic mass is 10.1. The molecule has 3 rings (SSSR count). The predicted molar refractivity (Wildman–Crippen MR) is 87.9 cm³/mol.